The first-order chi connectivity index (χ1) is 8.27. The summed E-state index contributed by atoms with van der Waals surface area (Å²) in [5.41, 5.74) is 0.816. The molecule has 88 valence electrons. The maximum atomic E-state index is 9.99. The van der Waals surface area contributed by atoms with Crippen molar-refractivity contribution in [3.8, 4) is 5.75 Å². The number of ether oxygens (including phenoxy) is 1. The number of benzene rings is 1. The van der Waals surface area contributed by atoms with Crippen LogP contribution in [0.4, 0.5) is 0 Å². The van der Waals surface area contributed by atoms with Crippen molar-refractivity contribution >= 4 is 15.9 Å². The topological polar surface area (TPSA) is 42.4 Å². The van der Waals surface area contributed by atoms with E-state index >= 15 is 0 Å². The van der Waals surface area contributed by atoms with Crippen LogP contribution in [-0.2, 0) is 0 Å². The molecule has 1 atom stereocenters. The molecule has 0 amide bonds. The summed E-state index contributed by atoms with van der Waals surface area (Å²) in [5, 5.41) is 9.99. The van der Waals surface area contributed by atoms with Gasteiger partial charge in [-0.2, -0.15) is 0 Å². The molecule has 0 bridgehead atoms. The number of pyridine rings is 1. The highest BCUT2D eigenvalue weighted by molar-refractivity contribution is 9.10. The van der Waals surface area contributed by atoms with Gasteiger partial charge in [-0.15, -0.1) is 0 Å². The van der Waals surface area contributed by atoms with Gasteiger partial charge < -0.3 is 9.84 Å². The Morgan fingerprint density at radius 2 is 2.06 bits per heavy atom. The number of aliphatic hydroxyl groups is 1. The Kier molecular flexibility index (Phi) is 4.12. The highest BCUT2D eigenvalue weighted by Crippen LogP contribution is 2.23. The van der Waals surface area contributed by atoms with Crippen LogP contribution >= 0.6 is 15.9 Å². The van der Waals surface area contributed by atoms with Gasteiger partial charge in [0.05, 0.1) is 6.20 Å². The van der Waals surface area contributed by atoms with Gasteiger partial charge in [0.2, 0.25) is 0 Å². The SMILES string of the molecule is OC(COc1cccnc1)c1ccccc1Br. The predicted octanol–water partition coefficient (Wildman–Crippen LogP) is 2.96. The van der Waals surface area contributed by atoms with Gasteiger partial charge in [-0.05, 0) is 23.8 Å². The smallest absolute Gasteiger partial charge is 0.137 e. The van der Waals surface area contributed by atoms with Crippen LogP contribution in [0.3, 0.4) is 0 Å². The molecule has 0 spiro atoms. The van der Waals surface area contributed by atoms with Gasteiger partial charge in [0.25, 0.3) is 0 Å². The summed E-state index contributed by atoms with van der Waals surface area (Å²) in [6, 6.07) is 11.1. The van der Waals surface area contributed by atoms with Gasteiger partial charge in [-0.1, -0.05) is 34.1 Å². The molecule has 0 aliphatic carbocycles. The second-order valence-electron chi connectivity index (χ2n) is 3.54. The van der Waals surface area contributed by atoms with Gasteiger partial charge in [0.1, 0.15) is 18.5 Å². The first-order valence-corrected chi connectivity index (χ1v) is 6.02. The second-order valence-corrected chi connectivity index (χ2v) is 4.39. The zero-order chi connectivity index (χ0) is 12.1. The van der Waals surface area contributed by atoms with Crippen LogP contribution in [-0.4, -0.2) is 16.7 Å². The normalized spacial score (nSPS) is 12.1. The molecule has 0 saturated carbocycles. The number of hydrogen-bond donors (Lipinski definition) is 1. The molecule has 4 heteroatoms. The molecule has 2 rings (SSSR count). The molecule has 1 aromatic heterocycles. The van der Waals surface area contributed by atoms with E-state index < -0.39 is 6.10 Å². The Bertz CT molecular complexity index is 476. The lowest BCUT2D eigenvalue weighted by atomic mass is 10.1. The average Bonchev–Trinajstić information content (AvgIpc) is 2.38. The molecular formula is C13H12BrNO2. The summed E-state index contributed by atoms with van der Waals surface area (Å²) < 4.78 is 6.32. The van der Waals surface area contributed by atoms with Crippen LogP contribution in [0.2, 0.25) is 0 Å². The van der Waals surface area contributed by atoms with Crippen molar-refractivity contribution in [2.45, 2.75) is 6.10 Å². The Labute approximate surface area is 108 Å². The van der Waals surface area contributed by atoms with Gasteiger partial charge in [-0.3, -0.25) is 4.98 Å². The summed E-state index contributed by atoms with van der Waals surface area (Å²) in [5.74, 6) is 0.651. The third kappa shape index (κ3) is 3.28. The van der Waals surface area contributed by atoms with E-state index in [-0.39, 0.29) is 6.61 Å². The molecule has 0 fully saturated rings. The van der Waals surface area contributed by atoms with Gasteiger partial charge in [-0.25, -0.2) is 0 Å². The van der Waals surface area contributed by atoms with Gasteiger partial charge in [0.15, 0.2) is 0 Å². The van der Waals surface area contributed by atoms with Crippen LogP contribution in [0.1, 0.15) is 11.7 Å². The molecule has 0 aliphatic heterocycles. The second kappa shape index (κ2) is 5.80. The van der Waals surface area contributed by atoms with Crippen molar-refractivity contribution in [3.63, 3.8) is 0 Å². The molecule has 2 aromatic rings. The maximum absolute atomic E-state index is 9.99. The molecule has 1 unspecified atom stereocenters. The van der Waals surface area contributed by atoms with Crippen LogP contribution < -0.4 is 4.74 Å². The molecule has 1 heterocycles. The number of aliphatic hydroxyl groups excluding tert-OH is 1. The molecular weight excluding hydrogens is 282 g/mol. The summed E-state index contributed by atoms with van der Waals surface area (Å²) in [6.45, 7) is 0.203. The van der Waals surface area contributed by atoms with E-state index in [1.165, 1.54) is 0 Å². The van der Waals surface area contributed by atoms with Gasteiger partial charge >= 0.3 is 0 Å². The van der Waals surface area contributed by atoms with E-state index in [0.717, 1.165) is 10.0 Å². The lowest BCUT2D eigenvalue weighted by molar-refractivity contribution is 0.107. The van der Waals surface area contributed by atoms with Crippen molar-refractivity contribution in [3.05, 3.63) is 58.8 Å². The van der Waals surface area contributed by atoms with E-state index in [2.05, 4.69) is 20.9 Å². The van der Waals surface area contributed by atoms with E-state index in [1.807, 2.05) is 24.3 Å². The molecule has 17 heavy (non-hydrogen) atoms. The number of halogens is 1. The predicted molar refractivity (Wildman–Crippen MR) is 68.8 cm³/mol. The lowest BCUT2D eigenvalue weighted by Crippen LogP contribution is -2.10. The van der Waals surface area contributed by atoms with Crippen LogP contribution in [0.25, 0.3) is 0 Å². The lowest BCUT2D eigenvalue weighted by Gasteiger charge is -2.13. The van der Waals surface area contributed by atoms with Crippen molar-refractivity contribution in [2.24, 2.45) is 0 Å². The minimum atomic E-state index is -0.661. The fraction of sp³-hybridized carbons (Fsp3) is 0.154. The Morgan fingerprint density at radius 1 is 1.24 bits per heavy atom. The zero-order valence-electron chi connectivity index (χ0n) is 9.08. The quantitative estimate of drug-likeness (QED) is 0.942. The molecule has 3 nitrogen and oxygen atoms in total. The van der Waals surface area contributed by atoms with E-state index in [4.69, 9.17) is 4.74 Å². The minimum absolute atomic E-state index is 0.203. The van der Waals surface area contributed by atoms with Gasteiger partial charge in [0, 0.05) is 10.7 Å². The molecule has 1 aromatic carbocycles. The monoisotopic (exact) mass is 293 g/mol. The first kappa shape index (κ1) is 12.1. The molecule has 0 radical (unpaired) electrons. The van der Waals surface area contributed by atoms with Crippen molar-refractivity contribution in [1.29, 1.82) is 0 Å². The summed E-state index contributed by atoms with van der Waals surface area (Å²) >= 11 is 3.40. The Hall–Kier alpha value is -1.39. The molecule has 0 aliphatic rings. The summed E-state index contributed by atoms with van der Waals surface area (Å²) in [4.78, 5) is 3.94. The first-order valence-electron chi connectivity index (χ1n) is 5.22. The van der Waals surface area contributed by atoms with Crippen molar-refractivity contribution in [2.75, 3.05) is 6.61 Å². The summed E-state index contributed by atoms with van der Waals surface area (Å²) in [6.07, 6.45) is 2.63. The average molecular weight is 294 g/mol. The molecule has 1 N–H and O–H groups in total. The van der Waals surface area contributed by atoms with E-state index in [9.17, 15) is 5.11 Å². The fourth-order valence-electron chi connectivity index (χ4n) is 1.44. The van der Waals surface area contributed by atoms with Crippen LogP contribution in [0, 0.1) is 0 Å². The van der Waals surface area contributed by atoms with Crippen molar-refractivity contribution in [1.82, 2.24) is 4.98 Å². The number of aromatic nitrogens is 1. The highest BCUT2D eigenvalue weighted by Gasteiger charge is 2.11. The molecule has 0 saturated heterocycles. The third-order valence-corrected chi connectivity index (χ3v) is 3.03. The van der Waals surface area contributed by atoms with Crippen LogP contribution in [0.5, 0.6) is 5.75 Å². The maximum Gasteiger partial charge on any atom is 0.137 e. The Balaban J connectivity index is 1.99. The standard InChI is InChI=1S/C13H12BrNO2/c14-12-6-2-1-5-11(12)13(16)9-17-10-4-3-7-15-8-10/h1-8,13,16H,9H2. The van der Waals surface area contributed by atoms with Crippen LogP contribution in [0.15, 0.2) is 53.3 Å². The van der Waals surface area contributed by atoms with E-state index in [0.29, 0.717) is 5.75 Å². The number of hydrogen-bond acceptors (Lipinski definition) is 3. The highest BCUT2D eigenvalue weighted by atomic mass is 79.9. The fourth-order valence-corrected chi connectivity index (χ4v) is 1.99. The number of nitrogens with zero attached hydrogens (tertiary/aromatic N) is 1. The van der Waals surface area contributed by atoms with Crippen molar-refractivity contribution < 1.29 is 9.84 Å². The Morgan fingerprint density at radius 3 is 2.76 bits per heavy atom. The minimum Gasteiger partial charge on any atom is -0.489 e. The van der Waals surface area contributed by atoms with E-state index in [1.54, 1.807) is 24.5 Å². The summed E-state index contributed by atoms with van der Waals surface area (Å²) in [7, 11) is 0. The number of rotatable bonds is 4. The third-order valence-electron chi connectivity index (χ3n) is 2.31. The largest absolute Gasteiger partial charge is 0.489 e. The zero-order valence-corrected chi connectivity index (χ0v) is 10.7.